The topological polar surface area (TPSA) is 55.6 Å². The molecule has 1 aromatic heterocycles. The SMILES string of the molecule is c1ccc2cc([C@@H](C3CCCNC3)n3ncnn3)ccc2c1. The van der Waals surface area contributed by atoms with Crippen LogP contribution in [-0.4, -0.2) is 33.3 Å². The molecule has 1 aliphatic heterocycles. The van der Waals surface area contributed by atoms with Crippen molar-refractivity contribution in [2.75, 3.05) is 13.1 Å². The van der Waals surface area contributed by atoms with E-state index in [1.54, 1.807) is 4.80 Å². The number of benzene rings is 2. The first-order valence-corrected chi connectivity index (χ1v) is 7.84. The smallest absolute Gasteiger partial charge is 0.162 e. The highest BCUT2D eigenvalue weighted by Gasteiger charge is 2.28. The van der Waals surface area contributed by atoms with E-state index >= 15 is 0 Å². The number of piperidine rings is 1. The molecule has 1 N–H and O–H groups in total. The van der Waals surface area contributed by atoms with E-state index in [2.05, 4.69) is 63.2 Å². The highest BCUT2D eigenvalue weighted by Crippen LogP contribution is 2.31. The molecule has 0 aliphatic carbocycles. The fourth-order valence-corrected chi connectivity index (χ4v) is 3.44. The molecule has 3 aromatic rings. The second-order valence-corrected chi connectivity index (χ2v) is 5.91. The van der Waals surface area contributed by atoms with Gasteiger partial charge in [0, 0.05) is 6.54 Å². The molecule has 0 spiro atoms. The molecule has 2 aromatic carbocycles. The molecule has 5 heteroatoms. The Labute approximate surface area is 129 Å². The molecular weight excluding hydrogens is 274 g/mol. The van der Waals surface area contributed by atoms with Gasteiger partial charge in [-0.15, -0.1) is 10.2 Å². The van der Waals surface area contributed by atoms with Crippen LogP contribution in [0.5, 0.6) is 0 Å². The van der Waals surface area contributed by atoms with E-state index < -0.39 is 0 Å². The van der Waals surface area contributed by atoms with Gasteiger partial charge >= 0.3 is 0 Å². The van der Waals surface area contributed by atoms with Gasteiger partial charge in [-0.05, 0) is 52.9 Å². The van der Waals surface area contributed by atoms with Crippen molar-refractivity contribution in [2.45, 2.75) is 18.9 Å². The first-order chi connectivity index (χ1) is 10.9. The van der Waals surface area contributed by atoms with Crippen LogP contribution in [0.4, 0.5) is 0 Å². The quantitative estimate of drug-likeness (QED) is 0.806. The van der Waals surface area contributed by atoms with Gasteiger partial charge in [0.2, 0.25) is 0 Å². The monoisotopic (exact) mass is 293 g/mol. The van der Waals surface area contributed by atoms with E-state index in [0.29, 0.717) is 5.92 Å². The van der Waals surface area contributed by atoms with Crippen LogP contribution in [0.3, 0.4) is 0 Å². The normalized spacial score (nSPS) is 20.1. The Morgan fingerprint density at radius 1 is 1.14 bits per heavy atom. The molecule has 0 bridgehead atoms. The Morgan fingerprint density at radius 2 is 2.05 bits per heavy atom. The van der Waals surface area contributed by atoms with Crippen LogP contribution in [0.2, 0.25) is 0 Å². The lowest BCUT2D eigenvalue weighted by molar-refractivity contribution is 0.261. The lowest BCUT2D eigenvalue weighted by Gasteiger charge is -2.30. The molecule has 0 amide bonds. The average Bonchev–Trinajstić information content (AvgIpc) is 3.10. The van der Waals surface area contributed by atoms with Gasteiger partial charge in [-0.2, -0.15) is 4.80 Å². The molecule has 5 nitrogen and oxygen atoms in total. The second kappa shape index (κ2) is 5.85. The van der Waals surface area contributed by atoms with E-state index in [-0.39, 0.29) is 6.04 Å². The number of nitrogens with one attached hydrogen (secondary N) is 1. The van der Waals surface area contributed by atoms with Crippen LogP contribution in [0.1, 0.15) is 24.4 Å². The summed E-state index contributed by atoms with van der Waals surface area (Å²) in [5.41, 5.74) is 1.26. The summed E-state index contributed by atoms with van der Waals surface area (Å²) in [6.07, 6.45) is 3.90. The van der Waals surface area contributed by atoms with Crippen LogP contribution < -0.4 is 5.32 Å². The van der Waals surface area contributed by atoms with Gasteiger partial charge in [-0.25, -0.2) is 0 Å². The number of fused-ring (bicyclic) bond motifs is 1. The number of tetrazole rings is 1. The fraction of sp³-hybridized carbons (Fsp3) is 0.353. The Morgan fingerprint density at radius 3 is 2.82 bits per heavy atom. The number of rotatable bonds is 3. The Balaban J connectivity index is 1.78. The molecule has 0 radical (unpaired) electrons. The zero-order valence-corrected chi connectivity index (χ0v) is 12.4. The Hall–Kier alpha value is -2.27. The lowest BCUT2D eigenvalue weighted by atomic mass is 9.87. The van der Waals surface area contributed by atoms with Crippen molar-refractivity contribution in [3.8, 4) is 0 Å². The molecule has 2 atom stereocenters. The van der Waals surface area contributed by atoms with Crippen molar-refractivity contribution >= 4 is 10.8 Å². The number of aromatic nitrogens is 4. The third-order valence-electron chi connectivity index (χ3n) is 4.51. The third kappa shape index (κ3) is 2.48. The molecule has 112 valence electrons. The minimum atomic E-state index is 0.139. The standard InChI is InChI=1S/C17H19N5/c1-2-5-14-10-15(8-7-13(14)4-1)17(22-20-12-19-21-22)16-6-3-9-18-11-16/h1-2,4-5,7-8,10,12,16-18H,3,6,9,11H2/t16?,17-/m0/s1. The fourth-order valence-electron chi connectivity index (χ4n) is 3.44. The summed E-state index contributed by atoms with van der Waals surface area (Å²) < 4.78 is 0. The van der Waals surface area contributed by atoms with E-state index in [0.717, 1.165) is 13.1 Å². The molecule has 4 rings (SSSR count). The number of nitrogens with zero attached hydrogens (tertiary/aromatic N) is 4. The molecule has 1 saturated heterocycles. The first-order valence-electron chi connectivity index (χ1n) is 7.84. The molecule has 1 aliphatic rings. The van der Waals surface area contributed by atoms with Crippen LogP contribution in [0.25, 0.3) is 10.8 Å². The largest absolute Gasteiger partial charge is 0.316 e. The maximum atomic E-state index is 4.31. The minimum absolute atomic E-state index is 0.139. The number of hydrogen-bond donors (Lipinski definition) is 1. The zero-order valence-electron chi connectivity index (χ0n) is 12.4. The summed E-state index contributed by atoms with van der Waals surface area (Å²) in [5.74, 6) is 0.490. The van der Waals surface area contributed by atoms with Gasteiger partial charge in [0.05, 0.1) is 0 Å². The summed E-state index contributed by atoms with van der Waals surface area (Å²) in [4.78, 5) is 1.77. The van der Waals surface area contributed by atoms with Gasteiger partial charge in [-0.3, -0.25) is 0 Å². The van der Waals surface area contributed by atoms with Crippen LogP contribution >= 0.6 is 0 Å². The predicted octanol–water partition coefficient (Wildman–Crippen LogP) is 2.42. The van der Waals surface area contributed by atoms with Crippen LogP contribution in [-0.2, 0) is 0 Å². The second-order valence-electron chi connectivity index (χ2n) is 5.91. The summed E-state index contributed by atoms with van der Waals surface area (Å²) >= 11 is 0. The third-order valence-corrected chi connectivity index (χ3v) is 4.51. The summed E-state index contributed by atoms with van der Waals surface area (Å²) in [6, 6.07) is 15.2. The van der Waals surface area contributed by atoms with E-state index in [1.165, 1.54) is 35.5 Å². The molecule has 1 unspecified atom stereocenters. The summed E-state index contributed by atoms with van der Waals surface area (Å²) in [5, 5.41) is 18.4. The van der Waals surface area contributed by atoms with Crippen molar-refractivity contribution < 1.29 is 0 Å². The molecule has 22 heavy (non-hydrogen) atoms. The van der Waals surface area contributed by atoms with E-state index in [1.807, 2.05) is 0 Å². The van der Waals surface area contributed by atoms with Crippen molar-refractivity contribution in [2.24, 2.45) is 5.92 Å². The molecular formula is C17H19N5. The summed E-state index contributed by atoms with van der Waals surface area (Å²) in [7, 11) is 0. The minimum Gasteiger partial charge on any atom is -0.316 e. The van der Waals surface area contributed by atoms with Crippen molar-refractivity contribution in [3.05, 3.63) is 54.4 Å². The lowest BCUT2D eigenvalue weighted by Crippen LogP contribution is -2.36. The Bertz CT molecular complexity index is 747. The van der Waals surface area contributed by atoms with E-state index in [9.17, 15) is 0 Å². The van der Waals surface area contributed by atoms with Crippen molar-refractivity contribution in [1.82, 2.24) is 25.5 Å². The molecule has 0 saturated carbocycles. The Kier molecular flexibility index (Phi) is 3.56. The van der Waals surface area contributed by atoms with Gasteiger partial charge in [0.15, 0.2) is 6.33 Å². The van der Waals surface area contributed by atoms with Crippen LogP contribution in [0.15, 0.2) is 48.8 Å². The number of hydrogen-bond acceptors (Lipinski definition) is 4. The van der Waals surface area contributed by atoms with Crippen molar-refractivity contribution in [3.63, 3.8) is 0 Å². The van der Waals surface area contributed by atoms with Gasteiger partial charge in [-0.1, -0.05) is 36.4 Å². The van der Waals surface area contributed by atoms with E-state index in [4.69, 9.17) is 0 Å². The summed E-state index contributed by atoms with van der Waals surface area (Å²) in [6.45, 7) is 2.10. The first kappa shape index (κ1) is 13.4. The van der Waals surface area contributed by atoms with Crippen molar-refractivity contribution in [1.29, 1.82) is 0 Å². The molecule has 1 fully saturated rings. The van der Waals surface area contributed by atoms with Gasteiger partial charge < -0.3 is 5.32 Å². The molecule has 2 heterocycles. The maximum Gasteiger partial charge on any atom is 0.162 e. The zero-order chi connectivity index (χ0) is 14.8. The average molecular weight is 293 g/mol. The predicted molar refractivity (Wildman–Crippen MR) is 85.5 cm³/mol. The van der Waals surface area contributed by atoms with Gasteiger partial charge in [0.25, 0.3) is 0 Å². The van der Waals surface area contributed by atoms with Crippen LogP contribution in [0, 0.1) is 5.92 Å². The maximum absolute atomic E-state index is 4.31. The highest BCUT2D eigenvalue weighted by molar-refractivity contribution is 5.83. The highest BCUT2D eigenvalue weighted by atomic mass is 15.6. The van der Waals surface area contributed by atoms with Gasteiger partial charge in [0.1, 0.15) is 6.04 Å².